The van der Waals surface area contributed by atoms with Gasteiger partial charge in [-0.1, -0.05) is 0 Å². The largest absolute Gasteiger partial charge is 0.483 e. The normalized spacial score (nSPS) is 9.79. The average Bonchev–Trinajstić information content (AvgIpc) is 2.43. The second-order valence-electron chi connectivity index (χ2n) is 3.79. The predicted octanol–water partition coefficient (Wildman–Crippen LogP) is 1.26. The molecule has 7 heteroatoms. The highest BCUT2D eigenvalue weighted by atomic mass is 16.6. The van der Waals surface area contributed by atoms with Crippen molar-refractivity contribution in [3.05, 3.63) is 33.9 Å². The molecule has 0 bridgehead atoms. The first-order valence-corrected chi connectivity index (χ1v) is 5.60. The van der Waals surface area contributed by atoms with Gasteiger partial charge in [-0.2, -0.15) is 0 Å². The van der Waals surface area contributed by atoms with Crippen LogP contribution in [0.4, 0.5) is 5.69 Å². The number of benzene rings is 1. The molecule has 0 aliphatic carbocycles. The van der Waals surface area contributed by atoms with E-state index >= 15 is 0 Å². The zero-order valence-corrected chi connectivity index (χ0v) is 10.7. The van der Waals surface area contributed by atoms with E-state index in [1.54, 1.807) is 7.05 Å². The van der Waals surface area contributed by atoms with Gasteiger partial charge in [-0.05, 0) is 13.0 Å². The standard InChI is InChI=1S/C12H14N2O5/c1-3-13(2)12(16)8-19-11-5-4-10(14(17)18)6-9(11)7-15/h4-7H,3,8H2,1-2H3. The van der Waals surface area contributed by atoms with E-state index in [9.17, 15) is 19.7 Å². The summed E-state index contributed by atoms with van der Waals surface area (Å²) in [5, 5.41) is 10.6. The van der Waals surface area contributed by atoms with Gasteiger partial charge in [0.2, 0.25) is 0 Å². The average molecular weight is 266 g/mol. The van der Waals surface area contributed by atoms with Crippen LogP contribution in [0.2, 0.25) is 0 Å². The van der Waals surface area contributed by atoms with Gasteiger partial charge < -0.3 is 9.64 Å². The van der Waals surface area contributed by atoms with Crippen LogP contribution in [-0.4, -0.2) is 42.2 Å². The van der Waals surface area contributed by atoms with Crippen molar-refractivity contribution in [2.75, 3.05) is 20.2 Å². The second kappa shape index (κ2) is 6.48. The maximum Gasteiger partial charge on any atom is 0.270 e. The van der Waals surface area contributed by atoms with Gasteiger partial charge in [0.15, 0.2) is 12.9 Å². The number of non-ortho nitro benzene ring substituents is 1. The highest BCUT2D eigenvalue weighted by molar-refractivity contribution is 5.81. The lowest BCUT2D eigenvalue weighted by Crippen LogP contribution is -2.31. The van der Waals surface area contributed by atoms with Gasteiger partial charge in [0.1, 0.15) is 5.75 Å². The Balaban J connectivity index is 2.81. The Kier molecular flexibility index (Phi) is 4.99. The van der Waals surface area contributed by atoms with Crippen LogP contribution in [0, 0.1) is 10.1 Å². The van der Waals surface area contributed by atoms with Gasteiger partial charge in [-0.15, -0.1) is 0 Å². The number of likely N-dealkylation sites (N-methyl/N-ethyl adjacent to an activating group) is 1. The van der Waals surface area contributed by atoms with E-state index < -0.39 is 4.92 Å². The summed E-state index contributed by atoms with van der Waals surface area (Å²) in [4.78, 5) is 33.8. The molecule has 0 aliphatic rings. The number of rotatable bonds is 6. The number of nitro groups is 1. The molecule has 1 rings (SSSR count). The molecule has 0 radical (unpaired) electrons. The maximum atomic E-state index is 11.5. The van der Waals surface area contributed by atoms with Gasteiger partial charge in [0, 0.05) is 25.7 Å². The summed E-state index contributed by atoms with van der Waals surface area (Å²) in [6.45, 7) is 2.15. The molecule has 0 unspecified atom stereocenters. The van der Waals surface area contributed by atoms with E-state index in [1.165, 1.54) is 17.0 Å². The zero-order valence-electron chi connectivity index (χ0n) is 10.7. The first kappa shape index (κ1) is 14.6. The molecule has 7 nitrogen and oxygen atoms in total. The molecule has 0 aromatic heterocycles. The fraction of sp³-hybridized carbons (Fsp3) is 0.333. The summed E-state index contributed by atoms with van der Waals surface area (Å²) in [5.41, 5.74) is -0.160. The molecule has 0 spiro atoms. The van der Waals surface area contributed by atoms with Gasteiger partial charge in [0.25, 0.3) is 11.6 Å². The number of amides is 1. The summed E-state index contributed by atoms with van der Waals surface area (Å²) < 4.78 is 5.20. The Morgan fingerprint density at radius 3 is 2.74 bits per heavy atom. The molecule has 1 aromatic carbocycles. The Morgan fingerprint density at radius 2 is 2.21 bits per heavy atom. The van der Waals surface area contributed by atoms with Crippen LogP contribution in [0.1, 0.15) is 17.3 Å². The van der Waals surface area contributed by atoms with E-state index in [-0.39, 0.29) is 29.5 Å². The van der Waals surface area contributed by atoms with Crippen molar-refractivity contribution in [3.63, 3.8) is 0 Å². The van der Waals surface area contributed by atoms with Crippen LogP contribution in [0.5, 0.6) is 5.75 Å². The highest BCUT2D eigenvalue weighted by Crippen LogP contribution is 2.22. The summed E-state index contributed by atoms with van der Waals surface area (Å²) >= 11 is 0. The number of nitrogens with zero attached hydrogens (tertiary/aromatic N) is 2. The Hall–Kier alpha value is -2.44. The Bertz CT molecular complexity index is 501. The number of carbonyl (C=O) groups is 2. The number of aldehydes is 1. The van der Waals surface area contributed by atoms with Crippen LogP contribution < -0.4 is 4.74 Å². The number of hydrogen-bond acceptors (Lipinski definition) is 5. The summed E-state index contributed by atoms with van der Waals surface area (Å²) in [5.74, 6) is -0.0869. The lowest BCUT2D eigenvalue weighted by Gasteiger charge is -2.15. The molecule has 0 saturated carbocycles. The van der Waals surface area contributed by atoms with Crippen molar-refractivity contribution in [2.24, 2.45) is 0 Å². The summed E-state index contributed by atoms with van der Waals surface area (Å²) in [7, 11) is 1.63. The van der Waals surface area contributed by atoms with E-state index in [0.717, 1.165) is 6.07 Å². The van der Waals surface area contributed by atoms with E-state index in [1.807, 2.05) is 6.92 Å². The Labute approximate surface area is 109 Å². The number of ether oxygens (including phenoxy) is 1. The number of nitro benzene ring substituents is 1. The topological polar surface area (TPSA) is 89.8 Å². The molecule has 19 heavy (non-hydrogen) atoms. The fourth-order valence-electron chi connectivity index (χ4n) is 1.30. The maximum absolute atomic E-state index is 11.5. The van der Waals surface area contributed by atoms with Crippen LogP contribution in [0.15, 0.2) is 18.2 Å². The minimum Gasteiger partial charge on any atom is -0.483 e. The third-order valence-electron chi connectivity index (χ3n) is 2.58. The number of hydrogen-bond donors (Lipinski definition) is 0. The lowest BCUT2D eigenvalue weighted by molar-refractivity contribution is -0.384. The molecule has 1 amide bonds. The third kappa shape index (κ3) is 3.77. The SMILES string of the molecule is CCN(C)C(=O)COc1ccc([N+](=O)[O-])cc1C=O. The van der Waals surface area contributed by atoms with Crippen molar-refractivity contribution in [3.8, 4) is 5.75 Å². The first-order valence-electron chi connectivity index (χ1n) is 5.60. The summed E-state index contributed by atoms with van der Waals surface area (Å²) in [6.07, 6.45) is 0.455. The molecule has 0 N–H and O–H groups in total. The molecule has 0 fully saturated rings. The lowest BCUT2D eigenvalue weighted by atomic mass is 10.2. The van der Waals surface area contributed by atoms with Crippen LogP contribution >= 0.6 is 0 Å². The van der Waals surface area contributed by atoms with E-state index in [0.29, 0.717) is 12.8 Å². The van der Waals surface area contributed by atoms with Crippen molar-refractivity contribution in [1.29, 1.82) is 0 Å². The van der Waals surface area contributed by atoms with E-state index in [4.69, 9.17) is 4.74 Å². The quantitative estimate of drug-likeness (QED) is 0.439. The van der Waals surface area contributed by atoms with Gasteiger partial charge in [-0.25, -0.2) is 0 Å². The van der Waals surface area contributed by atoms with Crippen LogP contribution in [0.3, 0.4) is 0 Å². The highest BCUT2D eigenvalue weighted by Gasteiger charge is 2.13. The Morgan fingerprint density at radius 1 is 1.53 bits per heavy atom. The predicted molar refractivity (Wildman–Crippen MR) is 67.3 cm³/mol. The molecular weight excluding hydrogens is 252 g/mol. The molecule has 0 atom stereocenters. The number of carbonyl (C=O) groups excluding carboxylic acids is 2. The minimum atomic E-state index is -0.604. The molecule has 102 valence electrons. The first-order chi connectivity index (χ1) is 8.99. The van der Waals surface area contributed by atoms with Crippen molar-refractivity contribution in [2.45, 2.75) is 6.92 Å². The summed E-state index contributed by atoms with van der Waals surface area (Å²) in [6, 6.07) is 3.63. The molecular formula is C12H14N2O5. The molecule has 0 aliphatic heterocycles. The molecule has 0 heterocycles. The smallest absolute Gasteiger partial charge is 0.270 e. The van der Waals surface area contributed by atoms with Crippen LogP contribution in [0.25, 0.3) is 0 Å². The van der Waals surface area contributed by atoms with Crippen LogP contribution in [-0.2, 0) is 4.79 Å². The fourth-order valence-corrected chi connectivity index (χ4v) is 1.30. The van der Waals surface area contributed by atoms with Crippen molar-refractivity contribution in [1.82, 2.24) is 4.90 Å². The zero-order chi connectivity index (χ0) is 14.4. The monoisotopic (exact) mass is 266 g/mol. The molecule has 1 aromatic rings. The second-order valence-corrected chi connectivity index (χ2v) is 3.79. The minimum absolute atomic E-state index is 0.0427. The molecule has 0 saturated heterocycles. The van der Waals surface area contributed by atoms with Crippen molar-refractivity contribution < 1.29 is 19.2 Å². The van der Waals surface area contributed by atoms with Gasteiger partial charge >= 0.3 is 0 Å². The van der Waals surface area contributed by atoms with Crippen molar-refractivity contribution >= 4 is 17.9 Å². The van der Waals surface area contributed by atoms with Gasteiger partial charge in [0.05, 0.1) is 10.5 Å². The third-order valence-corrected chi connectivity index (χ3v) is 2.58. The van der Waals surface area contributed by atoms with Gasteiger partial charge in [-0.3, -0.25) is 19.7 Å². The van der Waals surface area contributed by atoms with E-state index in [2.05, 4.69) is 0 Å².